The molecule has 1 atom stereocenters. The Kier molecular flexibility index (Phi) is 3.48. The molecule has 3 nitrogen and oxygen atoms in total. The van der Waals surface area contributed by atoms with E-state index in [9.17, 15) is 13.6 Å². The van der Waals surface area contributed by atoms with E-state index in [0.29, 0.717) is 19.4 Å². The number of hydrogen-bond donors (Lipinski definition) is 0. The maximum Gasteiger partial charge on any atom is 0.258 e. The number of nitriles is 1. The molecule has 1 aromatic rings. The largest absolute Gasteiger partial charge is 0.323 e. The molecular formula is C12H9ClF2N2O. The maximum atomic E-state index is 13.6. The number of rotatable bonds is 1. The first kappa shape index (κ1) is 12.8. The Morgan fingerprint density at radius 3 is 2.83 bits per heavy atom. The SMILES string of the molecule is N#CC1CCCN1C(=O)c1cc(F)c(Cl)cc1F. The molecule has 0 aromatic heterocycles. The Balaban J connectivity index is 2.35. The van der Waals surface area contributed by atoms with Crippen LogP contribution in [0.15, 0.2) is 12.1 Å². The summed E-state index contributed by atoms with van der Waals surface area (Å²) in [7, 11) is 0. The van der Waals surface area contributed by atoms with Crippen molar-refractivity contribution in [2.45, 2.75) is 18.9 Å². The van der Waals surface area contributed by atoms with E-state index in [4.69, 9.17) is 16.9 Å². The monoisotopic (exact) mass is 270 g/mol. The predicted molar refractivity (Wildman–Crippen MR) is 61.0 cm³/mol. The number of carbonyl (C=O) groups is 1. The van der Waals surface area contributed by atoms with Crippen molar-refractivity contribution in [2.24, 2.45) is 0 Å². The van der Waals surface area contributed by atoms with Gasteiger partial charge in [0.25, 0.3) is 5.91 Å². The number of amides is 1. The van der Waals surface area contributed by atoms with Gasteiger partial charge in [0, 0.05) is 6.54 Å². The fourth-order valence-electron chi connectivity index (χ4n) is 1.99. The van der Waals surface area contributed by atoms with Crippen LogP contribution in [0, 0.1) is 23.0 Å². The van der Waals surface area contributed by atoms with Gasteiger partial charge in [-0.15, -0.1) is 0 Å². The van der Waals surface area contributed by atoms with Crippen LogP contribution in [0.4, 0.5) is 8.78 Å². The minimum absolute atomic E-state index is 0.373. The Morgan fingerprint density at radius 2 is 2.17 bits per heavy atom. The van der Waals surface area contributed by atoms with Crippen molar-refractivity contribution < 1.29 is 13.6 Å². The van der Waals surface area contributed by atoms with Crippen molar-refractivity contribution >= 4 is 17.5 Å². The summed E-state index contributed by atoms with van der Waals surface area (Å²) >= 11 is 5.41. The van der Waals surface area contributed by atoms with Gasteiger partial charge in [-0.05, 0) is 25.0 Å². The molecule has 18 heavy (non-hydrogen) atoms. The third-order valence-corrected chi connectivity index (χ3v) is 3.19. The number of halogens is 3. The highest BCUT2D eigenvalue weighted by Crippen LogP contribution is 2.24. The quantitative estimate of drug-likeness (QED) is 0.737. The van der Waals surface area contributed by atoms with Crippen molar-refractivity contribution in [3.05, 3.63) is 34.4 Å². The lowest BCUT2D eigenvalue weighted by Gasteiger charge is -2.19. The van der Waals surface area contributed by atoms with Crippen LogP contribution in [0.3, 0.4) is 0 Å². The Bertz CT molecular complexity index is 542. The lowest BCUT2D eigenvalue weighted by Crippen LogP contribution is -2.35. The fraction of sp³-hybridized carbons (Fsp3) is 0.333. The van der Waals surface area contributed by atoms with Gasteiger partial charge in [0.1, 0.15) is 17.7 Å². The summed E-state index contributed by atoms with van der Waals surface area (Å²) in [5, 5.41) is 8.49. The average Bonchev–Trinajstić information content (AvgIpc) is 2.81. The molecule has 6 heteroatoms. The Hall–Kier alpha value is -1.67. The smallest absolute Gasteiger partial charge is 0.258 e. The van der Waals surface area contributed by atoms with Gasteiger partial charge in [-0.1, -0.05) is 11.6 Å². The molecule has 1 fully saturated rings. The van der Waals surface area contributed by atoms with Crippen LogP contribution in [-0.4, -0.2) is 23.4 Å². The zero-order chi connectivity index (χ0) is 13.3. The Labute approximate surface area is 108 Å². The third kappa shape index (κ3) is 2.16. The van der Waals surface area contributed by atoms with Crippen molar-refractivity contribution in [3.63, 3.8) is 0 Å². The number of likely N-dealkylation sites (tertiary alicyclic amines) is 1. The fourth-order valence-corrected chi connectivity index (χ4v) is 2.14. The molecule has 0 radical (unpaired) electrons. The van der Waals surface area contributed by atoms with Gasteiger partial charge in [0.2, 0.25) is 0 Å². The second-order valence-corrected chi connectivity index (χ2v) is 4.44. The second kappa shape index (κ2) is 4.91. The van der Waals surface area contributed by atoms with E-state index in [2.05, 4.69) is 0 Å². The van der Waals surface area contributed by atoms with Gasteiger partial charge < -0.3 is 4.90 Å². The van der Waals surface area contributed by atoms with Gasteiger partial charge in [0.05, 0.1) is 16.7 Å². The number of hydrogen-bond acceptors (Lipinski definition) is 2. The highest BCUT2D eigenvalue weighted by atomic mass is 35.5. The van der Waals surface area contributed by atoms with Gasteiger partial charge >= 0.3 is 0 Å². The van der Waals surface area contributed by atoms with Crippen LogP contribution in [0.1, 0.15) is 23.2 Å². The summed E-state index contributed by atoms with van der Waals surface area (Å²) in [6.07, 6.45) is 1.24. The zero-order valence-electron chi connectivity index (χ0n) is 9.29. The molecule has 1 unspecified atom stereocenters. The molecule has 0 N–H and O–H groups in total. The molecule has 1 saturated heterocycles. The van der Waals surface area contributed by atoms with Crippen molar-refractivity contribution in [3.8, 4) is 6.07 Å². The molecule has 1 aliphatic heterocycles. The van der Waals surface area contributed by atoms with Crippen LogP contribution in [-0.2, 0) is 0 Å². The van der Waals surface area contributed by atoms with Gasteiger partial charge in [0.15, 0.2) is 0 Å². The lowest BCUT2D eigenvalue weighted by atomic mass is 10.1. The molecule has 0 spiro atoms. The van der Waals surface area contributed by atoms with Gasteiger partial charge in [-0.25, -0.2) is 8.78 Å². The van der Waals surface area contributed by atoms with Gasteiger partial charge in [-0.2, -0.15) is 5.26 Å². The average molecular weight is 271 g/mol. The minimum Gasteiger partial charge on any atom is -0.323 e. The summed E-state index contributed by atoms with van der Waals surface area (Å²) in [4.78, 5) is 13.3. The lowest BCUT2D eigenvalue weighted by molar-refractivity contribution is 0.0759. The van der Waals surface area contributed by atoms with Crippen LogP contribution in [0.2, 0.25) is 5.02 Å². The third-order valence-electron chi connectivity index (χ3n) is 2.90. The minimum atomic E-state index is -0.880. The second-order valence-electron chi connectivity index (χ2n) is 4.03. The van der Waals surface area contributed by atoms with E-state index in [1.165, 1.54) is 4.90 Å². The standard InChI is InChI=1S/C12H9ClF2N2O/c13-9-5-10(14)8(4-11(9)15)12(18)17-3-1-2-7(17)6-16/h4-5,7H,1-3H2. The first-order valence-corrected chi connectivity index (χ1v) is 5.77. The van der Waals surface area contributed by atoms with Crippen molar-refractivity contribution in [1.29, 1.82) is 5.26 Å². The summed E-state index contributed by atoms with van der Waals surface area (Å²) < 4.78 is 26.8. The summed E-state index contributed by atoms with van der Waals surface area (Å²) in [5.74, 6) is -2.41. The highest BCUT2D eigenvalue weighted by molar-refractivity contribution is 6.30. The first-order chi connectivity index (χ1) is 8.54. The highest BCUT2D eigenvalue weighted by Gasteiger charge is 2.31. The van der Waals surface area contributed by atoms with E-state index < -0.39 is 23.6 Å². The molecule has 1 amide bonds. The molecule has 1 aromatic carbocycles. The molecule has 94 valence electrons. The molecule has 0 bridgehead atoms. The van der Waals surface area contributed by atoms with Gasteiger partial charge in [-0.3, -0.25) is 4.79 Å². The van der Waals surface area contributed by atoms with Crippen LogP contribution < -0.4 is 0 Å². The van der Waals surface area contributed by atoms with Crippen LogP contribution >= 0.6 is 11.6 Å². The van der Waals surface area contributed by atoms with E-state index >= 15 is 0 Å². The maximum absolute atomic E-state index is 13.6. The molecule has 1 aliphatic rings. The predicted octanol–water partition coefficient (Wildman–Crippen LogP) is 2.75. The van der Waals surface area contributed by atoms with Crippen LogP contribution in [0.25, 0.3) is 0 Å². The van der Waals surface area contributed by atoms with E-state index in [1.807, 2.05) is 6.07 Å². The van der Waals surface area contributed by atoms with Crippen LogP contribution in [0.5, 0.6) is 0 Å². The molecule has 0 aliphatic carbocycles. The summed E-state index contributed by atoms with van der Waals surface area (Å²) in [6.45, 7) is 0.376. The molecular weight excluding hydrogens is 262 g/mol. The van der Waals surface area contributed by atoms with Crippen molar-refractivity contribution in [2.75, 3.05) is 6.54 Å². The molecule has 2 rings (SSSR count). The molecule has 1 heterocycles. The number of carbonyl (C=O) groups excluding carboxylic acids is 1. The van der Waals surface area contributed by atoms with E-state index in [1.54, 1.807) is 0 Å². The van der Waals surface area contributed by atoms with E-state index in [0.717, 1.165) is 12.1 Å². The topological polar surface area (TPSA) is 44.1 Å². The van der Waals surface area contributed by atoms with E-state index in [-0.39, 0.29) is 10.6 Å². The number of nitrogens with zero attached hydrogens (tertiary/aromatic N) is 2. The zero-order valence-corrected chi connectivity index (χ0v) is 10.0. The summed E-state index contributed by atoms with van der Waals surface area (Å²) in [5.41, 5.74) is -0.390. The molecule has 0 saturated carbocycles. The Morgan fingerprint density at radius 1 is 1.44 bits per heavy atom. The number of benzene rings is 1. The summed E-state index contributed by atoms with van der Waals surface area (Å²) in [6, 6.07) is 2.94. The normalized spacial score (nSPS) is 18.8. The first-order valence-electron chi connectivity index (χ1n) is 5.39. The van der Waals surface area contributed by atoms with Crippen molar-refractivity contribution in [1.82, 2.24) is 4.90 Å².